The fraction of sp³-hybridized carbons (Fsp3) is 0.833. The van der Waals surface area contributed by atoms with Crippen LogP contribution in [0.25, 0.3) is 0 Å². The van der Waals surface area contributed by atoms with Gasteiger partial charge in [0.1, 0.15) is 6.10 Å². The predicted molar refractivity (Wildman–Crippen MR) is 80.1 cm³/mol. The highest BCUT2D eigenvalue weighted by atomic mass is 16.5. The Morgan fingerprint density at radius 1 is 1.15 bits per heavy atom. The van der Waals surface area contributed by atoms with E-state index in [9.17, 15) is 4.79 Å². The van der Waals surface area contributed by atoms with E-state index in [1.165, 1.54) is 19.3 Å². The molecule has 0 radical (unpaired) electrons. The fourth-order valence-electron chi connectivity index (χ4n) is 4.54. The summed E-state index contributed by atoms with van der Waals surface area (Å²) in [4.78, 5) is 12.5. The summed E-state index contributed by atoms with van der Waals surface area (Å²) < 4.78 is 6.00. The molecule has 3 aliphatic rings. The predicted octanol–water partition coefficient (Wildman–Crippen LogP) is 4.20. The highest BCUT2D eigenvalue weighted by Crippen LogP contribution is 2.45. The summed E-state index contributed by atoms with van der Waals surface area (Å²) in [5.41, 5.74) is 0. The van der Waals surface area contributed by atoms with Crippen molar-refractivity contribution in [3.8, 4) is 0 Å². The maximum Gasteiger partial charge on any atom is 0.309 e. The average Bonchev–Trinajstić information content (AvgIpc) is 3.00. The smallest absolute Gasteiger partial charge is 0.309 e. The molecule has 2 heteroatoms. The molecule has 0 spiro atoms. The van der Waals surface area contributed by atoms with Crippen molar-refractivity contribution in [1.82, 2.24) is 0 Å². The van der Waals surface area contributed by atoms with Gasteiger partial charge in [0.25, 0.3) is 0 Å². The Hall–Kier alpha value is -0.790. The van der Waals surface area contributed by atoms with Crippen LogP contribution in [-0.4, -0.2) is 12.1 Å². The average molecular weight is 276 g/mol. The molecule has 2 fully saturated rings. The van der Waals surface area contributed by atoms with Gasteiger partial charge in [-0.1, -0.05) is 39.3 Å². The van der Waals surface area contributed by atoms with Crippen molar-refractivity contribution in [1.29, 1.82) is 0 Å². The van der Waals surface area contributed by atoms with Crippen LogP contribution in [0.5, 0.6) is 0 Å². The fourth-order valence-corrected chi connectivity index (χ4v) is 4.54. The molecule has 0 aliphatic heterocycles. The molecule has 3 unspecified atom stereocenters. The van der Waals surface area contributed by atoms with E-state index in [4.69, 9.17) is 4.74 Å². The van der Waals surface area contributed by atoms with Crippen LogP contribution >= 0.6 is 0 Å². The second-order valence-electron chi connectivity index (χ2n) is 7.69. The van der Waals surface area contributed by atoms with Crippen LogP contribution in [0.15, 0.2) is 12.2 Å². The van der Waals surface area contributed by atoms with Gasteiger partial charge in [-0.25, -0.2) is 0 Å². The van der Waals surface area contributed by atoms with Gasteiger partial charge in [0.2, 0.25) is 0 Å². The van der Waals surface area contributed by atoms with Gasteiger partial charge in [0.05, 0.1) is 5.92 Å². The molecule has 0 saturated heterocycles. The van der Waals surface area contributed by atoms with Crippen molar-refractivity contribution < 1.29 is 9.53 Å². The molecule has 0 aromatic heterocycles. The quantitative estimate of drug-likeness (QED) is 0.570. The molecule has 112 valence electrons. The minimum Gasteiger partial charge on any atom is -0.462 e. The van der Waals surface area contributed by atoms with Crippen molar-refractivity contribution >= 4 is 5.97 Å². The molecule has 0 heterocycles. The Kier molecular flexibility index (Phi) is 3.92. The molecule has 2 nitrogen and oxygen atoms in total. The van der Waals surface area contributed by atoms with Crippen molar-refractivity contribution in [3.05, 3.63) is 12.2 Å². The molecule has 3 aliphatic carbocycles. The third-order valence-electron chi connectivity index (χ3n) is 5.81. The molecule has 6 atom stereocenters. The van der Waals surface area contributed by atoms with Gasteiger partial charge in [-0.05, 0) is 55.3 Å². The number of fused-ring (bicyclic) bond motifs is 2. The summed E-state index contributed by atoms with van der Waals surface area (Å²) in [6, 6.07) is 0. The third-order valence-corrected chi connectivity index (χ3v) is 5.81. The first-order chi connectivity index (χ1) is 9.54. The Labute approximate surface area is 123 Å². The minimum atomic E-state index is 0.0894. The third kappa shape index (κ3) is 2.66. The number of hydrogen-bond donors (Lipinski definition) is 0. The van der Waals surface area contributed by atoms with E-state index in [2.05, 4.69) is 32.9 Å². The van der Waals surface area contributed by atoms with Gasteiger partial charge in [-0.2, -0.15) is 0 Å². The maximum absolute atomic E-state index is 12.5. The summed E-state index contributed by atoms with van der Waals surface area (Å²) in [7, 11) is 0. The standard InChI is InChI=1S/C18H28O2/c1-11(2)15-7-4-12(3)8-17(15)20-18(19)16-10-13-5-6-14(16)9-13/h5-6,11-17H,4,7-10H2,1-3H3/t12-,13?,14?,15+,16?,17-/m1/s1. The lowest BCUT2D eigenvalue weighted by Crippen LogP contribution is -2.37. The first kappa shape index (κ1) is 14.2. The number of rotatable bonds is 3. The zero-order valence-corrected chi connectivity index (χ0v) is 13.0. The van der Waals surface area contributed by atoms with Gasteiger partial charge >= 0.3 is 5.97 Å². The molecule has 0 aromatic carbocycles. The summed E-state index contributed by atoms with van der Waals surface area (Å²) >= 11 is 0. The molecule has 0 aromatic rings. The van der Waals surface area contributed by atoms with Crippen LogP contribution in [0.3, 0.4) is 0 Å². The lowest BCUT2D eigenvalue weighted by Gasteiger charge is -2.37. The van der Waals surface area contributed by atoms with Crippen LogP contribution in [0.1, 0.15) is 52.9 Å². The summed E-state index contributed by atoms with van der Waals surface area (Å²) in [6.45, 7) is 6.82. The topological polar surface area (TPSA) is 26.3 Å². The molecule has 0 amide bonds. The van der Waals surface area contributed by atoms with E-state index >= 15 is 0 Å². The van der Waals surface area contributed by atoms with Crippen molar-refractivity contribution in [3.63, 3.8) is 0 Å². The molecule has 2 saturated carbocycles. The maximum atomic E-state index is 12.5. The van der Waals surface area contributed by atoms with Gasteiger partial charge in [0, 0.05) is 0 Å². The van der Waals surface area contributed by atoms with Crippen LogP contribution in [-0.2, 0) is 9.53 Å². The molecule has 0 N–H and O–H groups in total. The van der Waals surface area contributed by atoms with E-state index in [-0.39, 0.29) is 18.0 Å². The Morgan fingerprint density at radius 2 is 1.95 bits per heavy atom. The van der Waals surface area contributed by atoms with Crippen molar-refractivity contribution in [2.45, 2.75) is 59.0 Å². The lowest BCUT2D eigenvalue weighted by molar-refractivity contribution is -0.161. The first-order valence-corrected chi connectivity index (χ1v) is 8.43. The van der Waals surface area contributed by atoms with Crippen molar-refractivity contribution in [2.24, 2.45) is 35.5 Å². The van der Waals surface area contributed by atoms with Gasteiger partial charge < -0.3 is 4.74 Å². The Bertz CT molecular complexity index is 398. The number of carbonyl (C=O) groups excluding carboxylic acids is 1. The minimum absolute atomic E-state index is 0.0894. The zero-order valence-electron chi connectivity index (χ0n) is 13.0. The molecule has 2 bridgehead atoms. The molecule has 3 rings (SSSR count). The normalized spacial score (nSPS) is 43.2. The summed E-state index contributed by atoms with van der Waals surface area (Å²) in [5.74, 6) is 3.21. The lowest BCUT2D eigenvalue weighted by atomic mass is 9.75. The van der Waals surface area contributed by atoms with E-state index in [0.29, 0.717) is 29.6 Å². The number of esters is 1. The van der Waals surface area contributed by atoms with Crippen LogP contribution in [0.4, 0.5) is 0 Å². The van der Waals surface area contributed by atoms with E-state index in [1.54, 1.807) is 0 Å². The Balaban J connectivity index is 1.63. The van der Waals surface area contributed by atoms with Gasteiger partial charge in [-0.15, -0.1) is 0 Å². The highest BCUT2D eigenvalue weighted by molar-refractivity contribution is 5.74. The van der Waals surface area contributed by atoms with Gasteiger partial charge in [-0.3, -0.25) is 4.79 Å². The number of allylic oxidation sites excluding steroid dienone is 2. The number of ether oxygens (including phenoxy) is 1. The SMILES string of the molecule is CC(C)[C@@H]1CC[C@@H](C)C[C@H]1OC(=O)C1CC2C=CC1C2. The summed E-state index contributed by atoms with van der Waals surface area (Å²) in [5, 5.41) is 0. The molecule has 20 heavy (non-hydrogen) atoms. The number of hydrogen-bond acceptors (Lipinski definition) is 2. The van der Waals surface area contributed by atoms with Crippen LogP contribution in [0.2, 0.25) is 0 Å². The second-order valence-corrected chi connectivity index (χ2v) is 7.69. The molecular formula is C18H28O2. The highest BCUT2D eigenvalue weighted by Gasteiger charge is 2.42. The van der Waals surface area contributed by atoms with Crippen LogP contribution in [0, 0.1) is 35.5 Å². The van der Waals surface area contributed by atoms with E-state index < -0.39 is 0 Å². The first-order valence-electron chi connectivity index (χ1n) is 8.43. The number of carbonyl (C=O) groups is 1. The Morgan fingerprint density at radius 3 is 2.55 bits per heavy atom. The molecular weight excluding hydrogens is 248 g/mol. The van der Waals surface area contributed by atoms with Gasteiger partial charge in [0.15, 0.2) is 0 Å². The van der Waals surface area contributed by atoms with E-state index in [1.807, 2.05) is 0 Å². The monoisotopic (exact) mass is 276 g/mol. The van der Waals surface area contributed by atoms with Crippen LogP contribution < -0.4 is 0 Å². The summed E-state index contributed by atoms with van der Waals surface area (Å²) in [6.07, 6.45) is 10.4. The van der Waals surface area contributed by atoms with E-state index in [0.717, 1.165) is 12.8 Å². The van der Waals surface area contributed by atoms with Crippen molar-refractivity contribution in [2.75, 3.05) is 0 Å². The largest absolute Gasteiger partial charge is 0.462 e. The second kappa shape index (κ2) is 5.54. The zero-order chi connectivity index (χ0) is 14.3.